The number of nitrogens with two attached hydrogens (primary N) is 1. The number of hydrogen-bond donors (Lipinski definition) is 2. The van der Waals surface area contributed by atoms with E-state index in [0.717, 1.165) is 19.4 Å². The summed E-state index contributed by atoms with van der Waals surface area (Å²) in [5, 5.41) is 2.87. The quantitative estimate of drug-likeness (QED) is 0.683. The van der Waals surface area contributed by atoms with Crippen molar-refractivity contribution < 1.29 is 4.79 Å². The Balaban J connectivity index is 3.73. The second kappa shape index (κ2) is 6.82. The van der Waals surface area contributed by atoms with E-state index in [1.165, 1.54) is 0 Å². The zero-order valence-electron chi connectivity index (χ0n) is 9.84. The predicted octanol–water partition coefficient (Wildman–Crippen LogP) is 1.52. The van der Waals surface area contributed by atoms with Gasteiger partial charge in [-0.1, -0.05) is 34.1 Å². The maximum Gasteiger partial charge on any atom is 0.236 e. The van der Waals surface area contributed by atoms with E-state index in [4.69, 9.17) is 5.73 Å². The third kappa shape index (κ3) is 5.97. The normalized spacial score (nSPS) is 15.3. The third-order valence-electron chi connectivity index (χ3n) is 2.38. The van der Waals surface area contributed by atoms with Crippen LogP contribution in [0.2, 0.25) is 0 Å². The molecule has 0 aliphatic heterocycles. The second-order valence-corrected chi connectivity index (χ2v) is 4.49. The molecule has 1 unspecified atom stereocenters. The lowest BCUT2D eigenvalue weighted by Crippen LogP contribution is -2.42. The number of hydrogen-bond acceptors (Lipinski definition) is 2. The molecule has 0 radical (unpaired) electrons. The molecule has 3 N–H and O–H groups in total. The molecule has 0 aromatic rings. The number of nitrogens with one attached hydrogen (secondary N) is 1. The highest BCUT2D eigenvalue weighted by Crippen LogP contribution is 2.03. The molecule has 14 heavy (non-hydrogen) atoms. The van der Waals surface area contributed by atoms with Gasteiger partial charge in [-0.2, -0.15) is 0 Å². The first-order valence-electron chi connectivity index (χ1n) is 5.50. The number of carbonyl (C=O) groups is 1. The van der Waals surface area contributed by atoms with Crippen LogP contribution in [0.3, 0.4) is 0 Å². The molecular formula is C11H24N2O. The van der Waals surface area contributed by atoms with E-state index in [0.29, 0.717) is 11.8 Å². The summed E-state index contributed by atoms with van der Waals surface area (Å²) in [6.07, 6.45) is 1.84. The lowest BCUT2D eigenvalue weighted by atomic mass is 10.0. The van der Waals surface area contributed by atoms with Crippen LogP contribution in [0.25, 0.3) is 0 Å². The fourth-order valence-corrected chi connectivity index (χ4v) is 1.17. The first-order chi connectivity index (χ1) is 6.47. The van der Waals surface area contributed by atoms with E-state index in [1.807, 2.05) is 0 Å². The van der Waals surface area contributed by atoms with Crippen molar-refractivity contribution in [3.05, 3.63) is 0 Å². The highest BCUT2D eigenvalue weighted by atomic mass is 16.2. The molecule has 3 heteroatoms. The van der Waals surface area contributed by atoms with Crippen molar-refractivity contribution in [2.75, 3.05) is 6.54 Å². The van der Waals surface area contributed by atoms with Crippen molar-refractivity contribution in [2.45, 2.75) is 46.6 Å². The number of carbonyl (C=O) groups excluding carboxylic acids is 1. The maximum atomic E-state index is 11.5. The van der Waals surface area contributed by atoms with E-state index in [9.17, 15) is 4.79 Å². The molecule has 0 saturated heterocycles. The van der Waals surface area contributed by atoms with Crippen LogP contribution < -0.4 is 11.1 Å². The van der Waals surface area contributed by atoms with Crippen molar-refractivity contribution in [3.63, 3.8) is 0 Å². The molecule has 0 aromatic heterocycles. The SMILES string of the molecule is CCC(C)CNC(=O)[C@H](N)CC(C)C. The zero-order chi connectivity index (χ0) is 11.1. The highest BCUT2D eigenvalue weighted by Gasteiger charge is 2.14. The molecule has 3 nitrogen and oxygen atoms in total. The van der Waals surface area contributed by atoms with E-state index >= 15 is 0 Å². The summed E-state index contributed by atoms with van der Waals surface area (Å²) in [6, 6.07) is -0.348. The van der Waals surface area contributed by atoms with E-state index < -0.39 is 0 Å². The third-order valence-corrected chi connectivity index (χ3v) is 2.38. The van der Waals surface area contributed by atoms with Crippen molar-refractivity contribution in [1.82, 2.24) is 5.32 Å². The molecule has 0 saturated carbocycles. The Morgan fingerprint density at radius 1 is 1.36 bits per heavy atom. The first kappa shape index (κ1) is 13.4. The minimum atomic E-state index is -0.348. The van der Waals surface area contributed by atoms with Gasteiger partial charge in [0.15, 0.2) is 0 Å². The molecule has 0 fully saturated rings. The van der Waals surface area contributed by atoms with Crippen LogP contribution in [0.1, 0.15) is 40.5 Å². The van der Waals surface area contributed by atoms with Crippen LogP contribution in [-0.2, 0) is 4.79 Å². The van der Waals surface area contributed by atoms with Crippen LogP contribution in [0.5, 0.6) is 0 Å². The van der Waals surface area contributed by atoms with Crippen LogP contribution >= 0.6 is 0 Å². The molecule has 0 bridgehead atoms. The molecule has 0 aliphatic carbocycles. The number of rotatable bonds is 6. The van der Waals surface area contributed by atoms with Gasteiger partial charge in [-0.25, -0.2) is 0 Å². The standard InChI is InChI=1S/C11H24N2O/c1-5-9(4)7-13-11(14)10(12)6-8(2)3/h8-10H,5-7,12H2,1-4H3,(H,13,14)/t9?,10-/m1/s1. The van der Waals surface area contributed by atoms with Crippen molar-refractivity contribution in [3.8, 4) is 0 Å². The average molecular weight is 200 g/mol. The molecule has 0 aliphatic rings. The molecule has 0 rings (SSSR count). The van der Waals surface area contributed by atoms with Gasteiger partial charge in [0.25, 0.3) is 0 Å². The van der Waals surface area contributed by atoms with Crippen LogP contribution in [0.15, 0.2) is 0 Å². The minimum absolute atomic E-state index is 0.0148. The Morgan fingerprint density at radius 2 is 1.93 bits per heavy atom. The molecule has 1 amide bonds. The van der Waals surface area contributed by atoms with Crippen LogP contribution in [0, 0.1) is 11.8 Å². The average Bonchev–Trinajstić information content (AvgIpc) is 2.12. The summed E-state index contributed by atoms with van der Waals surface area (Å²) in [5.74, 6) is 0.989. The Morgan fingerprint density at radius 3 is 2.36 bits per heavy atom. The van der Waals surface area contributed by atoms with Crippen molar-refractivity contribution >= 4 is 5.91 Å². The minimum Gasteiger partial charge on any atom is -0.354 e. The van der Waals surface area contributed by atoms with Gasteiger partial charge in [0.1, 0.15) is 0 Å². The Hall–Kier alpha value is -0.570. The van der Waals surface area contributed by atoms with E-state index in [-0.39, 0.29) is 11.9 Å². The van der Waals surface area contributed by atoms with Crippen LogP contribution in [-0.4, -0.2) is 18.5 Å². The van der Waals surface area contributed by atoms with Gasteiger partial charge in [0, 0.05) is 6.54 Å². The summed E-state index contributed by atoms with van der Waals surface area (Å²) in [7, 11) is 0. The highest BCUT2D eigenvalue weighted by molar-refractivity contribution is 5.81. The smallest absolute Gasteiger partial charge is 0.236 e. The summed E-state index contributed by atoms with van der Waals surface area (Å²) in [6.45, 7) is 9.11. The lowest BCUT2D eigenvalue weighted by molar-refractivity contribution is -0.122. The molecular weight excluding hydrogens is 176 g/mol. The van der Waals surface area contributed by atoms with Crippen molar-refractivity contribution in [2.24, 2.45) is 17.6 Å². The summed E-state index contributed by atoms with van der Waals surface area (Å²) >= 11 is 0. The van der Waals surface area contributed by atoms with Gasteiger partial charge in [-0.3, -0.25) is 4.79 Å². The lowest BCUT2D eigenvalue weighted by Gasteiger charge is -2.16. The topological polar surface area (TPSA) is 55.1 Å². The molecule has 84 valence electrons. The second-order valence-electron chi connectivity index (χ2n) is 4.49. The summed E-state index contributed by atoms with van der Waals surface area (Å²) < 4.78 is 0. The Labute approximate surface area is 87.4 Å². The Kier molecular flexibility index (Phi) is 6.54. The fraction of sp³-hybridized carbons (Fsp3) is 0.909. The van der Waals surface area contributed by atoms with Gasteiger partial charge < -0.3 is 11.1 Å². The first-order valence-corrected chi connectivity index (χ1v) is 5.50. The fourth-order valence-electron chi connectivity index (χ4n) is 1.17. The van der Waals surface area contributed by atoms with E-state index in [1.54, 1.807) is 0 Å². The van der Waals surface area contributed by atoms with E-state index in [2.05, 4.69) is 33.0 Å². The van der Waals surface area contributed by atoms with Gasteiger partial charge in [0.2, 0.25) is 5.91 Å². The zero-order valence-corrected chi connectivity index (χ0v) is 9.84. The summed E-state index contributed by atoms with van der Waals surface area (Å²) in [5.41, 5.74) is 5.73. The Bertz CT molecular complexity index is 169. The molecule has 2 atom stereocenters. The monoisotopic (exact) mass is 200 g/mol. The maximum absolute atomic E-state index is 11.5. The molecule has 0 aromatic carbocycles. The predicted molar refractivity (Wildman–Crippen MR) is 59.9 cm³/mol. The van der Waals surface area contributed by atoms with Gasteiger partial charge in [-0.05, 0) is 18.3 Å². The number of amides is 1. The van der Waals surface area contributed by atoms with Gasteiger partial charge in [-0.15, -0.1) is 0 Å². The molecule has 0 heterocycles. The van der Waals surface area contributed by atoms with Gasteiger partial charge >= 0.3 is 0 Å². The molecule has 0 spiro atoms. The van der Waals surface area contributed by atoms with Crippen LogP contribution in [0.4, 0.5) is 0 Å². The summed E-state index contributed by atoms with van der Waals surface area (Å²) in [4.78, 5) is 11.5. The largest absolute Gasteiger partial charge is 0.354 e. The van der Waals surface area contributed by atoms with Gasteiger partial charge in [0.05, 0.1) is 6.04 Å². The van der Waals surface area contributed by atoms with Crippen molar-refractivity contribution in [1.29, 1.82) is 0 Å².